The van der Waals surface area contributed by atoms with E-state index in [1.54, 1.807) is 6.07 Å². The van der Waals surface area contributed by atoms with Crippen LogP contribution in [0.2, 0.25) is 0 Å². The molecule has 5 nitrogen and oxygen atoms in total. The van der Waals surface area contributed by atoms with E-state index in [1.165, 1.54) is 0 Å². The van der Waals surface area contributed by atoms with Crippen molar-refractivity contribution in [2.45, 2.75) is 6.54 Å². The molecule has 0 radical (unpaired) electrons. The molecule has 19 heavy (non-hydrogen) atoms. The maximum Gasteiger partial charge on any atom is 0.317 e. The van der Waals surface area contributed by atoms with Crippen molar-refractivity contribution in [3.8, 4) is 6.07 Å². The largest absolute Gasteiger partial charge is 0.480 e. The van der Waals surface area contributed by atoms with Crippen molar-refractivity contribution in [1.29, 1.82) is 5.26 Å². The van der Waals surface area contributed by atoms with Crippen molar-refractivity contribution in [1.82, 2.24) is 9.80 Å². The summed E-state index contributed by atoms with van der Waals surface area (Å²) >= 11 is 0. The van der Waals surface area contributed by atoms with E-state index in [0.29, 0.717) is 18.7 Å². The Morgan fingerprint density at radius 3 is 2.58 bits per heavy atom. The first kappa shape index (κ1) is 15.2. The van der Waals surface area contributed by atoms with Crippen molar-refractivity contribution < 1.29 is 9.90 Å². The molecule has 0 saturated heterocycles. The van der Waals surface area contributed by atoms with Crippen LogP contribution in [0.1, 0.15) is 11.1 Å². The average Bonchev–Trinajstić information content (AvgIpc) is 2.36. The highest BCUT2D eigenvalue weighted by molar-refractivity contribution is 5.69. The second-order valence-corrected chi connectivity index (χ2v) is 4.68. The summed E-state index contributed by atoms with van der Waals surface area (Å²) in [6, 6.07) is 9.42. The predicted molar refractivity (Wildman–Crippen MR) is 72.6 cm³/mol. The molecule has 1 aromatic rings. The third-order valence-electron chi connectivity index (χ3n) is 2.75. The number of hydrogen-bond donors (Lipinski definition) is 1. The van der Waals surface area contributed by atoms with Crippen molar-refractivity contribution in [3.63, 3.8) is 0 Å². The summed E-state index contributed by atoms with van der Waals surface area (Å²) < 4.78 is 0. The zero-order valence-corrected chi connectivity index (χ0v) is 11.3. The molecule has 0 saturated carbocycles. The van der Waals surface area contributed by atoms with E-state index in [-0.39, 0.29) is 6.54 Å². The third-order valence-corrected chi connectivity index (χ3v) is 2.75. The maximum absolute atomic E-state index is 10.9. The van der Waals surface area contributed by atoms with Gasteiger partial charge in [-0.05, 0) is 25.7 Å². The summed E-state index contributed by atoms with van der Waals surface area (Å²) in [5.74, 6) is -0.854. The molecular formula is C14H19N3O2. The van der Waals surface area contributed by atoms with Crippen LogP contribution in [0.25, 0.3) is 0 Å². The standard InChI is InChI=1S/C14H19N3O2/c1-16(2)7-8-17(11-14(18)19)10-13-6-4-3-5-12(13)9-15/h3-6H,7-8,10-11H2,1-2H3,(H,18,19). The van der Waals surface area contributed by atoms with Gasteiger partial charge >= 0.3 is 5.97 Å². The molecule has 0 aliphatic rings. The van der Waals surface area contributed by atoms with Crippen molar-refractivity contribution >= 4 is 5.97 Å². The average molecular weight is 261 g/mol. The number of carbonyl (C=O) groups is 1. The van der Waals surface area contributed by atoms with Gasteiger partial charge < -0.3 is 10.0 Å². The van der Waals surface area contributed by atoms with Crippen LogP contribution in [0.4, 0.5) is 0 Å². The van der Waals surface area contributed by atoms with Gasteiger partial charge in [-0.15, -0.1) is 0 Å². The maximum atomic E-state index is 10.9. The predicted octanol–water partition coefficient (Wildman–Crippen LogP) is 1.01. The molecule has 1 aromatic carbocycles. The van der Waals surface area contributed by atoms with Crippen LogP contribution < -0.4 is 0 Å². The van der Waals surface area contributed by atoms with Crippen LogP contribution in [0, 0.1) is 11.3 Å². The van der Waals surface area contributed by atoms with Crippen LogP contribution in [0.3, 0.4) is 0 Å². The van der Waals surface area contributed by atoms with E-state index in [9.17, 15) is 4.79 Å². The third kappa shape index (κ3) is 5.51. The van der Waals surface area contributed by atoms with E-state index in [1.807, 2.05) is 42.1 Å². The van der Waals surface area contributed by atoms with Crippen LogP contribution in [-0.4, -0.2) is 54.6 Å². The molecule has 0 aliphatic heterocycles. The van der Waals surface area contributed by atoms with Gasteiger partial charge in [-0.25, -0.2) is 0 Å². The normalized spacial score (nSPS) is 10.7. The summed E-state index contributed by atoms with van der Waals surface area (Å²) in [4.78, 5) is 14.7. The number of benzene rings is 1. The molecule has 0 aromatic heterocycles. The number of aliphatic carboxylic acids is 1. The Balaban J connectivity index is 2.75. The lowest BCUT2D eigenvalue weighted by Gasteiger charge is -2.22. The molecule has 1 rings (SSSR count). The number of nitrogens with zero attached hydrogens (tertiary/aromatic N) is 3. The Kier molecular flexibility index (Phi) is 6.00. The van der Waals surface area contributed by atoms with Gasteiger partial charge in [0.25, 0.3) is 0 Å². The van der Waals surface area contributed by atoms with Crippen molar-refractivity contribution in [3.05, 3.63) is 35.4 Å². The monoisotopic (exact) mass is 261 g/mol. The van der Waals surface area contributed by atoms with Crippen LogP contribution in [0.15, 0.2) is 24.3 Å². The Morgan fingerprint density at radius 2 is 2.00 bits per heavy atom. The van der Waals surface area contributed by atoms with Crippen LogP contribution in [0.5, 0.6) is 0 Å². The quantitative estimate of drug-likeness (QED) is 0.793. The molecule has 0 aliphatic carbocycles. The lowest BCUT2D eigenvalue weighted by molar-refractivity contribution is -0.138. The molecule has 0 amide bonds. The smallest absolute Gasteiger partial charge is 0.317 e. The van der Waals surface area contributed by atoms with Gasteiger partial charge in [-0.2, -0.15) is 5.26 Å². The minimum atomic E-state index is -0.854. The molecule has 5 heteroatoms. The minimum Gasteiger partial charge on any atom is -0.480 e. The van der Waals surface area contributed by atoms with E-state index in [0.717, 1.165) is 12.1 Å². The van der Waals surface area contributed by atoms with E-state index in [4.69, 9.17) is 10.4 Å². The lowest BCUT2D eigenvalue weighted by atomic mass is 10.1. The SMILES string of the molecule is CN(C)CCN(CC(=O)O)Cc1ccccc1C#N. The summed E-state index contributed by atoms with van der Waals surface area (Å²) in [7, 11) is 3.89. The van der Waals surface area contributed by atoms with Crippen LogP contribution in [-0.2, 0) is 11.3 Å². The first-order valence-corrected chi connectivity index (χ1v) is 6.10. The summed E-state index contributed by atoms with van der Waals surface area (Å²) in [6.45, 7) is 1.89. The van der Waals surface area contributed by atoms with Gasteiger partial charge in [0.15, 0.2) is 0 Å². The first-order chi connectivity index (χ1) is 9.02. The topological polar surface area (TPSA) is 67.6 Å². The molecule has 1 N–H and O–H groups in total. The highest BCUT2D eigenvalue weighted by Gasteiger charge is 2.12. The van der Waals surface area contributed by atoms with Crippen LogP contribution >= 0.6 is 0 Å². The Bertz CT molecular complexity index is 466. The fourth-order valence-electron chi connectivity index (χ4n) is 1.75. The zero-order valence-electron chi connectivity index (χ0n) is 11.3. The van der Waals surface area contributed by atoms with Crippen molar-refractivity contribution in [2.24, 2.45) is 0 Å². The molecule has 0 atom stereocenters. The van der Waals surface area contributed by atoms with E-state index in [2.05, 4.69) is 6.07 Å². The van der Waals surface area contributed by atoms with Crippen molar-refractivity contribution in [2.75, 3.05) is 33.7 Å². The molecule has 0 fully saturated rings. The minimum absolute atomic E-state index is 0.0202. The fourth-order valence-corrected chi connectivity index (χ4v) is 1.75. The van der Waals surface area contributed by atoms with Gasteiger partial charge in [0.2, 0.25) is 0 Å². The van der Waals surface area contributed by atoms with Gasteiger partial charge in [-0.3, -0.25) is 9.69 Å². The number of nitriles is 1. The van der Waals surface area contributed by atoms with Gasteiger partial charge in [0.1, 0.15) is 0 Å². The second kappa shape index (κ2) is 7.52. The van der Waals surface area contributed by atoms with Gasteiger partial charge in [0.05, 0.1) is 18.2 Å². The molecule has 102 valence electrons. The molecule has 0 spiro atoms. The van der Waals surface area contributed by atoms with E-state index < -0.39 is 5.97 Å². The number of carboxylic acids is 1. The fraction of sp³-hybridized carbons (Fsp3) is 0.429. The Hall–Kier alpha value is -1.90. The summed E-state index contributed by atoms with van der Waals surface area (Å²) in [5.41, 5.74) is 1.47. The van der Waals surface area contributed by atoms with Gasteiger partial charge in [0, 0.05) is 19.6 Å². The zero-order chi connectivity index (χ0) is 14.3. The second-order valence-electron chi connectivity index (χ2n) is 4.68. The number of rotatable bonds is 7. The lowest BCUT2D eigenvalue weighted by Crippen LogP contribution is -2.35. The molecule has 0 bridgehead atoms. The highest BCUT2D eigenvalue weighted by Crippen LogP contribution is 2.10. The summed E-state index contributed by atoms with van der Waals surface area (Å²) in [5, 5.41) is 18.0. The number of hydrogen-bond acceptors (Lipinski definition) is 4. The summed E-state index contributed by atoms with van der Waals surface area (Å²) in [6.07, 6.45) is 0. The molecule has 0 heterocycles. The molecule has 0 unspecified atom stereocenters. The Morgan fingerprint density at radius 1 is 1.32 bits per heavy atom. The first-order valence-electron chi connectivity index (χ1n) is 6.10. The molecular weight excluding hydrogens is 242 g/mol. The number of carboxylic acid groups (broad SMARTS) is 1. The Labute approximate surface area is 113 Å². The highest BCUT2D eigenvalue weighted by atomic mass is 16.4. The number of likely N-dealkylation sites (N-methyl/N-ethyl adjacent to an activating group) is 1. The van der Waals surface area contributed by atoms with Gasteiger partial charge in [-0.1, -0.05) is 18.2 Å². The van der Waals surface area contributed by atoms with E-state index >= 15 is 0 Å².